The van der Waals surface area contributed by atoms with Crippen LogP contribution in [0.4, 0.5) is 13.2 Å². The Labute approximate surface area is 165 Å². The van der Waals surface area contributed by atoms with Gasteiger partial charge < -0.3 is 0 Å². The third-order valence-corrected chi connectivity index (χ3v) is 7.46. The number of hydrogen-bond donors (Lipinski definition) is 0. The summed E-state index contributed by atoms with van der Waals surface area (Å²) < 4.78 is 70.7. The van der Waals surface area contributed by atoms with Gasteiger partial charge in [-0.05, 0) is 37.3 Å². The quantitative estimate of drug-likeness (QED) is 0.639. The van der Waals surface area contributed by atoms with Crippen LogP contribution in [0.5, 0.6) is 0 Å². The van der Waals surface area contributed by atoms with Crippen LogP contribution in [0.15, 0.2) is 29.7 Å². The lowest BCUT2D eigenvalue weighted by Crippen LogP contribution is -2.38. The number of fused-ring (bicyclic) bond motifs is 1. The predicted molar refractivity (Wildman–Crippen MR) is 96.7 cm³/mol. The van der Waals surface area contributed by atoms with Crippen LogP contribution < -0.4 is 0 Å². The highest BCUT2D eigenvalue weighted by atomic mass is 32.2. The van der Waals surface area contributed by atoms with Gasteiger partial charge in [0.15, 0.2) is 5.65 Å². The standard InChI is InChI=1S/C17H19F3N6O2S/c1-11-15(8-22-24(11)2)29(27,28)25-5-3-12(4-6-25)13-9-26-16(21-10-23-26)7-14(13)17(18,19)20/h7-10,12H,3-6H2,1-2H3. The van der Waals surface area contributed by atoms with Crippen molar-refractivity contribution < 1.29 is 21.6 Å². The van der Waals surface area contributed by atoms with E-state index in [1.807, 2.05) is 0 Å². The number of nitrogens with zero attached hydrogens (tertiary/aromatic N) is 6. The van der Waals surface area contributed by atoms with Crippen molar-refractivity contribution in [3.05, 3.63) is 41.6 Å². The molecule has 0 radical (unpaired) electrons. The molecular formula is C17H19F3N6O2S. The molecule has 29 heavy (non-hydrogen) atoms. The minimum Gasteiger partial charge on any atom is -0.272 e. The van der Waals surface area contributed by atoms with Gasteiger partial charge in [-0.15, -0.1) is 0 Å². The van der Waals surface area contributed by atoms with Crippen LogP contribution in [0, 0.1) is 6.92 Å². The SMILES string of the molecule is Cc1c(S(=O)(=O)N2CCC(c3cn4ncnc4cc3C(F)(F)F)CC2)cnn1C. The van der Waals surface area contributed by atoms with E-state index in [1.165, 1.54) is 32.2 Å². The molecule has 1 aliphatic rings. The summed E-state index contributed by atoms with van der Waals surface area (Å²) in [5.41, 5.74) is 0.00349. The molecular weight excluding hydrogens is 409 g/mol. The lowest BCUT2D eigenvalue weighted by Gasteiger charge is -2.32. The van der Waals surface area contributed by atoms with Crippen LogP contribution in [0.2, 0.25) is 0 Å². The molecule has 3 aromatic rings. The Kier molecular flexibility index (Phi) is 4.65. The maximum atomic E-state index is 13.6. The van der Waals surface area contributed by atoms with Crippen LogP contribution in [0.1, 0.15) is 35.6 Å². The Balaban J connectivity index is 1.61. The molecule has 0 atom stereocenters. The zero-order valence-electron chi connectivity index (χ0n) is 15.8. The van der Waals surface area contributed by atoms with Crippen LogP contribution >= 0.6 is 0 Å². The Morgan fingerprint density at radius 2 is 1.86 bits per heavy atom. The van der Waals surface area contributed by atoms with E-state index >= 15 is 0 Å². The van der Waals surface area contributed by atoms with Gasteiger partial charge in [0, 0.05) is 26.3 Å². The van der Waals surface area contributed by atoms with Crippen LogP contribution in [0.25, 0.3) is 5.65 Å². The smallest absolute Gasteiger partial charge is 0.272 e. The fourth-order valence-electron chi connectivity index (χ4n) is 3.72. The summed E-state index contributed by atoms with van der Waals surface area (Å²) in [5, 5.41) is 7.90. The van der Waals surface area contributed by atoms with Crippen LogP contribution in [0.3, 0.4) is 0 Å². The molecule has 0 amide bonds. The minimum absolute atomic E-state index is 0.116. The molecule has 1 saturated heterocycles. The van der Waals surface area contributed by atoms with E-state index in [0.717, 1.165) is 6.07 Å². The molecule has 0 aromatic carbocycles. The van der Waals surface area contributed by atoms with Gasteiger partial charge in [0.2, 0.25) is 10.0 Å². The summed E-state index contributed by atoms with van der Waals surface area (Å²) in [7, 11) is -2.09. The zero-order chi connectivity index (χ0) is 21.0. The molecule has 0 aliphatic carbocycles. The number of aryl methyl sites for hydroxylation is 1. The van der Waals surface area contributed by atoms with Gasteiger partial charge in [-0.3, -0.25) is 4.68 Å². The molecule has 3 aromatic heterocycles. The Hall–Kier alpha value is -2.47. The third-order valence-electron chi connectivity index (χ3n) is 5.45. The first kappa shape index (κ1) is 19.8. The number of hydrogen-bond acceptors (Lipinski definition) is 5. The highest BCUT2D eigenvalue weighted by Gasteiger charge is 2.38. The molecule has 0 bridgehead atoms. The lowest BCUT2D eigenvalue weighted by molar-refractivity contribution is -0.138. The van der Waals surface area contributed by atoms with E-state index in [4.69, 9.17) is 0 Å². The number of rotatable bonds is 3. The zero-order valence-corrected chi connectivity index (χ0v) is 16.6. The average Bonchev–Trinajstić information content (AvgIpc) is 3.26. The molecule has 1 fully saturated rings. The maximum absolute atomic E-state index is 13.6. The van der Waals surface area contributed by atoms with E-state index in [9.17, 15) is 21.6 Å². The van der Waals surface area contributed by atoms with Gasteiger partial charge in [0.25, 0.3) is 0 Å². The topological polar surface area (TPSA) is 85.4 Å². The molecule has 4 rings (SSSR count). The highest BCUT2D eigenvalue weighted by Crippen LogP contribution is 2.39. The molecule has 8 nitrogen and oxygen atoms in total. The predicted octanol–water partition coefficient (Wildman–Crippen LogP) is 2.36. The molecule has 4 heterocycles. The monoisotopic (exact) mass is 428 g/mol. The van der Waals surface area contributed by atoms with Gasteiger partial charge in [-0.1, -0.05) is 0 Å². The molecule has 0 unspecified atom stereocenters. The number of piperidine rings is 1. The van der Waals surface area contributed by atoms with Crippen molar-refractivity contribution in [2.24, 2.45) is 7.05 Å². The maximum Gasteiger partial charge on any atom is 0.416 e. The van der Waals surface area contributed by atoms with Crippen molar-refractivity contribution in [1.29, 1.82) is 0 Å². The van der Waals surface area contributed by atoms with E-state index in [2.05, 4.69) is 15.2 Å². The number of aromatic nitrogens is 5. The Bertz CT molecular complexity index is 1160. The lowest BCUT2D eigenvalue weighted by atomic mass is 9.88. The molecule has 0 saturated carbocycles. The number of alkyl halides is 3. The van der Waals surface area contributed by atoms with Gasteiger partial charge in [0.05, 0.1) is 17.5 Å². The molecule has 156 valence electrons. The molecule has 0 spiro atoms. The largest absolute Gasteiger partial charge is 0.416 e. The number of sulfonamides is 1. The number of pyridine rings is 1. The highest BCUT2D eigenvalue weighted by molar-refractivity contribution is 7.89. The minimum atomic E-state index is -4.53. The average molecular weight is 428 g/mol. The van der Waals surface area contributed by atoms with Crippen molar-refractivity contribution >= 4 is 15.7 Å². The summed E-state index contributed by atoms with van der Waals surface area (Å²) in [4.78, 5) is 3.95. The second kappa shape index (κ2) is 6.80. The van der Waals surface area contributed by atoms with E-state index in [0.29, 0.717) is 5.69 Å². The van der Waals surface area contributed by atoms with Crippen LogP contribution in [-0.4, -0.2) is 50.2 Å². The second-order valence-electron chi connectivity index (χ2n) is 7.10. The summed E-state index contributed by atoms with van der Waals surface area (Å²) >= 11 is 0. The molecule has 0 N–H and O–H groups in total. The molecule has 12 heteroatoms. The summed E-state index contributed by atoms with van der Waals surface area (Å²) in [6, 6.07) is 0.991. The van der Waals surface area contributed by atoms with E-state index in [-0.39, 0.29) is 42.0 Å². The van der Waals surface area contributed by atoms with Gasteiger partial charge in [-0.2, -0.15) is 27.7 Å². The Morgan fingerprint density at radius 1 is 1.17 bits per heavy atom. The molecule has 1 aliphatic heterocycles. The van der Waals surface area contributed by atoms with Gasteiger partial charge in [0.1, 0.15) is 11.2 Å². The van der Waals surface area contributed by atoms with Crippen molar-refractivity contribution in [3.63, 3.8) is 0 Å². The Morgan fingerprint density at radius 3 is 2.45 bits per heavy atom. The van der Waals surface area contributed by atoms with E-state index in [1.54, 1.807) is 14.0 Å². The number of halogens is 3. The van der Waals surface area contributed by atoms with Crippen molar-refractivity contribution in [3.8, 4) is 0 Å². The first-order valence-electron chi connectivity index (χ1n) is 8.98. The van der Waals surface area contributed by atoms with Gasteiger partial charge in [-0.25, -0.2) is 17.9 Å². The fourth-order valence-corrected chi connectivity index (χ4v) is 5.38. The second-order valence-corrected chi connectivity index (χ2v) is 9.01. The normalized spacial score (nSPS) is 17.3. The first-order valence-corrected chi connectivity index (χ1v) is 10.4. The van der Waals surface area contributed by atoms with Crippen molar-refractivity contribution in [2.75, 3.05) is 13.1 Å². The summed E-state index contributed by atoms with van der Waals surface area (Å²) in [6.07, 6.45) is -0.115. The van der Waals surface area contributed by atoms with Crippen molar-refractivity contribution in [2.45, 2.75) is 36.8 Å². The van der Waals surface area contributed by atoms with E-state index < -0.39 is 27.7 Å². The third kappa shape index (κ3) is 3.39. The first-order chi connectivity index (χ1) is 13.6. The fraction of sp³-hybridized carbons (Fsp3) is 0.471. The van der Waals surface area contributed by atoms with Gasteiger partial charge >= 0.3 is 6.18 Å². The summed E-state index contributed by atoms with van der Waals surface area (Å²) in [5.74, 6) is -0.429. The van der Waals surface area contributed by atoms with Crippen molar-refractivity contribution in [1.82, 2.24) is 28.7 Å². The van der Waals surface area contributed by atoms with Crippen LogP contribution in [-0.2, 0) is 23.2 Å². The summed E-state index contributed by atoms with van der Waals surface area (Å²) in [6.45, 7) is 1.93.